The van der Waals surface area contributed by atoms with E-state index < -0.39 is 0 Å². The van der Waals surface area contributed by atoms with Crippen LogP contribution in [0, 0.1) is 5.41 Å². The molecule has 0 amide bonds. The minimum absolute atomic E-state index is 0.244. The summed E-state index contributed by atoms with van der Waals surface area (Å²) in [6.45, 7) is 7.49. The van der Waals surface area contributed by atoms with E-state index in [0.717, 1.165) is 13.0 Å². The molecule has 3 heteroatoms. The lowest BCUT2D eigenvalue weighted by molar-refractivity contribution is 0.197. The molecule has 2 heterocycles. The van der Waals surface area contributed by atoms with Gasteiger partial charge in [0.25, 0.3) is 0 Å². The molecular weight excluding hydrogens is 210 g/mol. The summed E-state index contributed by atoms with van der Waals surface area (Å²) in [7, 11) is 0. The summed E-state index contributed by atoms with van der Waals surface area (Å²) in [5.41, 5.74) is 1.44. The maximum Gasteiger partial charge on any atom is 0.218 e. The third-order valence-corrected chi connectivity index (χ3v) is 3.13. The van der Waals surface area contributed by atoms with Crippen molar-refractivity contribution >= 4 is 11.6 Å². The first-order chi connectivity index (χ1) is 6.98. The Kier molecular flexibility index (Phi) is 2.63. The minimum atomic E-state index is 0.244. The van der Waals surface area contributed by atoms with E-state index in [0.29, 0.717) is 17.0 Å². The summed E-state index contributed by atoms with van der Waals surface area (Å²) in [6, 6.07) is 3.88. The molecule has 1 unspecified atom stereocenters. The van der Waals surface area contributed by atoms with Gasteiger partial charge in [-0.1, -0.05) is 38.4 Å². The molecule has 82 valence electrons. The first-order valence-electron chi connectivity index (χ1n) is 5.28. The van der Waals surface area contributed by atoms with Crippen molar-refractivity contribution in [1.82, 2.24) is 4.98 Å². The first-order valence-corrected chi connectivity index (χ1v) is 5.65. The van der Waals surface area contributed by atoms with Gasteiger partial charge in [-0.3, -0.25) is 0 Å². The molecule has 2 nitrogen and oxygen atoms in total. The number of hydrogen-bond donors (Lipinski definition) is 0. The van der Waals surface area contributed by atoms with Gasteiger partial charge in [-0.15, -0.1) is 0 Å². The molecule has 1 aromatic rings. The largest absolute Gasteiger partial charge is 0.477 e. The van der Waals surface area contributed by atoms with Crippen LogP contribution in [0.25, 0.3) is 0 Å². The fourth-order valence-electron chi connectivity index (χ4n) is 2.14. The van der Waals surface area contributed by atoms with Crippen LogP contribution in [-0.2, 0) is 0 Å². The van der Waals surface area contributed by atoms with Crippen LogP contribution in [0.3, 0.4) is 0 Å². The van der Waals surface area contributed by atoms with Gasteiger partial charge in [-0.25, -0.2) is 4.98 Å². The van der Waals surface area contributed by atoms with Crippen molar-refractivity contribution in [2.45, 2.75) is 33.1 Å². The van der Waals surface area contributed by atoms with Crippen molar-refractivity contribution < 1.29 is 4.74 Å². The molecule has 0 N–H and O–H groups in total. The Morgan fingerprint density at radius 3 is 2.80 bits per heavy atom. The number of hydrogen-bond acceptors (Lipinski definition) is 2. The predicted molar refractivity (Wildman–Crippen MR) is 61.6 cm³/mol. The van der Waals surface area contributed by atoms with E-state index >= 15 is 0 Å². The fraction of sp³-hybridized carbons (Fsp3) is 0.583. The molecule has 0 saturated heterocycles. The van der Waals surface area contributed by atoms with Gasteiger partial charge in [0, 0.05) is 5.56 Å². The molecule has 0 bridgehead atoms. The summed E-state index contributed by atoms with van der Waals surface area (Å²) in [6.07, 6.45) is 1.06. The highest BCUT2D eigenvalue weighted by atomic mass is 35.5. The molecule has 1 aliphatic rings. The smallest absolute Gasteiger partial charge is 0.218 e. The molecule has 1 aromatic heterocycles. The lowest BCUT2D eigenvalue weighted by Gasteiger charge is -2.34. The summed E-state index contributed by atoms with van der Waals surface area (Å²) >= 11 is 5.85. The van der Waals surface area contributed by atoms with E-state index in [-0.39, 0.29) is 5.41 Å². The second-order valence-electron chi connectivity index (χ2n) is 5.08. The van der Waals surface area contributed by atoms with Gasteiger partial charge >= 0.3 is 0 Å². The summed E-state index contributed by atoms with van der Waals surface area (Å²) < 4.78 is 5.53. The quantitative estimate of drug-likeness (QED) is 0.629. The van der Waals surface area contributed by atoms with E-state index in [1.807, 2.05) is 12.1 Å². The van der Waals surface area contributed by atoms with E-state index in [2.05, 4.69) is 25.8 Å². The van der Waals surface area contributed by atoms with Crippen molar-refractivity contribution in [3.8, 4) is 5.88 Å². The molecule has 0 aromatic carbocycles. The van der Waals surface area contributed by atoms with E-state index in [1.165, 1.54) is 5.56 Å². The van der Waals surface area contributed by atoms with Gasteiger partial charge in [0.05, 0.1) is 6.61 Å². The Morgan fingerprint density at radius 2 is 2.13 bits per heavy atom. The van der Waals surface area contributed by atoms with Gasteiger partial charge in [0.15, 0.2) is 0 Å². The molecule has 0 radical (unpaired) electrons. The Labute approximate surface area is 95.6 Å². The third kappa shape index (κ3) is 2.10. The van der Waals surface area contributed by atoms with Crippen LogP contribution in [0.1, 0.15) is 38.7 Å². The zero-order chi connectivity index (χ0) is 11.1. The average molecular weight is 226 g/mol. The van der Waals surface area contributed by atoms with E-state index in [9.17, 15) is 0 Å². The van der Waals surface area contributed by atoms with Crippen LogP contribution in [0.15, 0.2) is 12.1 Å². The Hall–Kier alpha value is -0.760. The fourth-order valence-corrected chi connectivity index (χ4v) is 2.28. The number of rotatable bonds is 0. The van der Waals surface area contributed by atoms with Crippen molar-refractivity contribution in [2.75, 3.05) is 6.61 Å². The molecule has 0 fully saturated rings. The zero-order valence-corrected chi connectivity index (χ0v) is 10.1. The van der Waals surface area contributed by atoms with Gasteiger partial charge in [-0.2, -0.15) is 0 Å². The van der Waals surface area contributed by atoms with E-state index in [1.54, 1.807) is 0 Å². The SMILES string of the molecule is CC(C)(C)C1CCOc2nc(Cl)ccc21. The Balaban J connectivity index is 2.43. The maximum absolute atomic E-state index is 5.85. The Morgan fingerprint density at radius 1 is 1.40 bits per heavy atom. The van der Waals surface area contributed by atoms with Crippen LogP contribution in [-0.4, -0.2) is 11.6 Å². The van der Waals surface area contributed by atoms with E-state index in [4.69, 9.17) is 16.3 Å². The summed E-state index contributed by atoms with van der Waals surface area (Å²) in [5, 5.41) is 0.503. The number of aromatic nitrogens is 1. The first kappa shape index (κ1) is 10.7. The van der Waals surface area contributed by atoms with Crippen LogP contribution >= 0.6 is 11.6 Å². The molecule has 2 rings (SSSR count). The third-order valence-electron chi connectivity index (χ3n) is 2.92. The normalized spacial score (nSPS) is 20.7. The summed E-state index contributed by atoms with van der Waals surface area (Å²) in [5.74, 6) is 1.22. The van der Waals surface area contributed by atoms with Crippen LogP contribution in [0.5, 0.6) is 5.88 Å². The maximum atomic E-state index is 5.85. The topological polar surface area (TPSA) is 22.1 Å². The van der Waals surface area contributed by atoms with Gasteiger partial charge in [0.2, 0.25) is 5.88 Å². The number of pyridine rings is 1. The van der Waals surface area contributed by atoms with Gasteiger partial charge in [0.1, 0.15) is 5.15 Å². The van der Waals surface area contributed by atoms with Crippen molar-refractivity contribution in [3.63, 3.8) is 0 Å². The van der Waals surface area contributed by atoms with Crippen LogP contribution in [0.2, 0.25) is 5.15 Å². The molecule has 0 spiro atoms. The number of halogens is 1. The van der Waals surface area contributed by atoms with Crippen LogP contribution < -0.4 is 4.74 Å². The molecule has 15 heavy (non-hydrogen) atoms. The number of ether oxygens (including phenoxy) is 1. The Bertz CT molecular complexity index is 370. The predicted octanol–water partition coefficient (Wildman–Crippen LogP) is 3.65. The zero-order valence-electron chi connectivity index (χ0n) is 9.38. The number of nitrogens with zero attached hydrogens (tertiary/aromatic N) is 1. The second-order valence-corrected chi connectivity index (χ2v) is 5.47. The molecule has 1 atom stereocenters. The van der Waals surface area contributed by atoms with Crippen molar-refractivity contribution in [1.29, 1.82) is 0 Å². The minimum Gasteiger partial charge on any atom is -0.477 e. The standard InChI is InChI=1S/C12H16ClNO/c1-12(2,3)9-6-7-15-11-8(9)4-5-10(13)14-11/h4-5,9H,6-7H2,1-3H3. The highest BCUT2D eigenvalue weighted by Gasteiger charge is 2.32. The average Bonchev–Trinajstić information content (AvgIpc) is 2.15. The molecule has 0 saturated carbocycles. The molecule has 1 aliphatic heterocycles. The van der Waals surface area contributed by atoms with Gasteiger partial charge in [-0.05, 0) is 23.8 Å². The molecule has 0 aliphatic carbocycles. The monoisotopic (exact) mass is 225 g/mol. The van der Waals surface area contributed by atoms with Crippen molar-refractivity contribution in [3.05, 3.63) is 22.8 Å². The second kappa shape index (κ2) is 3.67. The molecular formula is C12H16ClNO. The lowest BCUT2D eigenvalue weighted by Crippen LogP contribution is -2.25. The number of fused-ring (bicyclic) bond motifs is 1. The highest BCUT2D eigenvalue weighted by molar-refractivity contribution is 6.29. The highest BCUT2D eigenvalue weighted by Crippen LogP contribution is 2.43. The van der Waals surface area contributed by atoms with Gasteiger partial charge < -0.3 is 4.74 Å². The lowest BCUT2D eigenvalue weighted by atomic mass is 9.74. The van der Waals surface area contributed by atoms with Crippen molar-refractivity contribution in [2.24, 2.45) is 5.41 Å². The van der Waals surface area contributed by atoms with Crippen LogP contribution in [0.4, 0.5) is 0 Å². The summed E-state index contributed by atoms with van der Waals surface area (Å²) in [4.78, 5) is 4.22.